The summed E-state index contributed by atoms with van der Waals surface area (Å²) >= 11 is 0. The summed E-state index contributed by atoms with van der Waals surface area (Å²) in [5.74, 6) is 4.97. The van der Waals surface area contributed by atoms with Crippen molar-refractivity contribution in [2.24, 2.45) is 5.84 Å². The molecule has 2 amide bonds. The Kier molecular flexibility index (Phi) is 4.13. The number of hydrogen-bond donors (Lipinski definition) is 3. The van der Waals surface area contributed by atoms with E-state index in [4.69, 9.17) is 10.4 Å². The summed E-state index contributed by atoms with van der Waals surface area (Å²) in [7, 11) is 1.79. The number of hydrogen-bond acceptors (Lipinski definition) is 6. The Hall–Kier alpha value is -1.93. The van der Waals surface area contributed by atoms with Gasteiger partial charge in [0.2, 0.25) is 5.91 Å². The summed E-state index contributed by atoms with van der Waals surface area (Å²) in [4.78, 5) is 24.5. The molecular weight excluding hydrogens is 250 g/mol. The molecule has 1 aromatic rings. The topological polar surface area (TPSA) is 113 Å². The minimum atomic E-state index is -0.510. The summed E-state index contributed by atoms with van der Waals surface area (Å²) in [6.45, 7) is 0.665. The van der Waals surface area contributed by atoms with Gasteiger partial charge >= 0.3 is 0 Å². The van der Waals surface area contributed by atoms with Crippen molar-refractivity contribution in [1.82, 2.24) is 20.8 Å². The Morgan fingerprint density at radius 2 is 2.32 bits per heavy atom. The quantitative estimate of drug-likeness (QED) is 0.346. The van der Waals surface area contributed by atoms with E-state index in [-0.39, 0.29) is 18.1 Å². The first-order valence-corrected chi connectivity index (χ1v) is 6.03. The normalized spacial score (nSPS) is 14.5. The first-order valence-electron chi connectivity index (χ1n) is 6.03. The van der Waals surface area contributed by atoms with Crippen molar-refractivity contribution in [3.05, 3.63) is 17.5 Å². The fraction of sp³-hybridized carbons (Fsp3) is 0.545. The van der Waals surface area contributed by atoms with E-state index in [1.54, 1.807) is 11.9 Å². The number of likely N-dealkylation sites (N-methyl/N-ethyl adjacent to an activating group) is 1. The van der Waals surface area contributed by atoms with Gasteiger partial charge in [-0.2, -0.15) is 0 Å². The van der Waals surface area contributed by atoms with Gasteiger partial charge in [-0.05, 0) is 19.9 Å². The van der Waals surface area contributed by atoms with Gasteiger partial charge in [-0.3, -0.25) is 19.9 Å². The monoisotopic (exact) mass is 267 g/mol. The first-order chi connectivity index (χ1) is 9.08. The third-order valence-electron chi connectivity index (χ3n) is 2.70. The lowest BCUT2D eigenvalue weighted by atomic mass is 10.3. The molecule has 1 saturated carbocycles. The van der Waals surface area contributed by atoms with Gasteiger partial charge in [0.25, 0.3) is 5.91 Å². The van der Waals surface area contributed by atoms with E-state index in [9.17, 15) is 9.59 Å². The van der Waals surface area contributed by atoms with Crippen LogP contribution in [-0.4, -0.2) is 41.5 Å². The SMILES string of the molecule is CN(CC(=O)NC1CC1)Cc1cc(C(=O)NN)no1. The standard InChI is InChI=1S/C11H17N5O3/c1-16(6-10(17)13-7-2-3-7)5-8-4-9(15-19-8)11(18)14-12/h4,7H,2-3,5-6,12H2,1H3,(H,13,17)(H,14,18). The number of aromatic nitrogens is 1. The highest BCUT2D eigenvalue weighted by molar-refractivity contribution is 5.91. The number of hydrazine groups is 1. The van der Waals surface area contributed by atoms with Crippen molar-refractivity contribution >= 4 is 11.8 Å². The number of nitrogens with one attached hydrogen (secondary N) is 2. The summed E-state index contributed by atoms with van der Waals surface area (Å²) < 4.78 is 4.99. The van der Waals surface area contributed by atoms with Gasteiger partial charge in [-0.25, -0.2) is 5.84 Å². The minimum Gasteiger partial charge on any atom is -0.359 e. The largest absolute Gasteiger partial charge is 0.359 e. The van der Waals surface area contributed by atoms with Crippen molar-refractivity contribution in [2.75, 3.05) is 13.6 Å². The van der Waals surface area contributed by atoms with Crippen LogP contribution in [-0.2, 0) is 11.3 Å². The molecule has 0 radical (unpaired) electrons. The van der Waals surface area contributed by atoms with E-state index < -0.39 is 5.91 Å². The molecule has 19 heavy (non-hydrogen) atoms. The predicted molar refractivity (Wildman–Crippen MR) is 65.7 cm³/mol. The van der Waals surface area contributed by atoms with Crippen molar-refractivity contribution < 1.29 is 14.1 Å². The van der Waals surface area contributed by atoms with Crippen molar-refractivity contribution in [3.63, 3.8) is 0 Å². The Bertz CT molecular complexity index is 469. The molecule has 8 nitrogen and oxygen atoms in total. The van der Waals surface area contributed by atoms with Gasteiger partial charge in [0, 0.05) is 12.1 Å². The van der Waals surface area contributed by atoms with Crippen molar-refractivity contribution in [1.29, 1.82) is 0 Å². The number of rotatable bonds is 6. The first kappa shape index (κ1) is 13.5. The van der Waals surface area contributed by atoms with E-state index in [2.05, 4.69) is 10.5 Å². The molecular formula is C11H17N5O3. The second kappa shape index (κ2) is 5.81. The van der Waals surface area contributed by atoms with Gasteiger partial charge < -0.3 is 9.84 Å². The van der Waals surface area contributed by atoms with Crippen molar-refractivity contribution in [2.45, 2.75) is 25.4 Å². The van der Waals surface area contributed by atoms with Crippen LogP contribution in [0.15, 0.2) is 10.6 Å². The number of amides is 2. The molecule has 0 spiro atoms. The number of carbonyl (C=O) groups is 2. The fourth-order valence-electron chi connectivity index (χ4n) is 1.64. The molecule has 8 heteroatoms. The maximum atomic E-state index is 11.6. The summed E-state index contributed by atoms with van der Waals surface area (Å²) in [6.07, 6.45) is 2.13. The smallest absolute Gasteiger partial charge is 0.287 e. The fourth-order valence-corrected chi connectivity index (χ4v) is 1.64. The average Bonchev–Trinajstić information content (AvgIpc) is 3.04. The Labute approximate surface area is 110 Å². The Morgan fingerprint density at radius 1 is 1.58 bits per heavy atom. The van der Waals surface area contributed by atoms with Crippen LogP contribution in [0.5, 0.6) is 0 Å². The van der Waals surface area contributed by atoms with Gasteiger partial charge in [0.05, 0.1) is 13.1 Å². The zero-order valence-corrected chi connectivity index (χ0v) is 10.7. The van der Waals surface area contributed by atoms with Crippen LogP contribution in [0.3, 0.4) is 0 Å². The third-order valence-corrected chi connectivity index (χ3v) is 2.70. The zero-order chi connectivity index (χ0) is 13.8. The maximum absolute atomic E-state index is 11.6. The molecule has 4 N–H and O–H groups in total. The molecule has 1 aliphatic carbocycles. The van der Waals surface area contributed by atoms with Crippen LogP contribution >= 0.6 is 0 Å². The van der Waals surface area contributed by atoms with Crippen molar-refractivity contribution in [3.8, 4) is 0 Å². The maximum Gasteiger partial charge on any atom is 0.287 e. The molecule has 104 valence electrons. The third kappa shape index (κ3) is 4.04. The van der Waals surface area contributed by atoms with Crippen LogP contribution in [0, 0.1) is 0 Å². The zero-order valence-electron chi connectivity index (χ0n) is 10.7. The minimum absolute atomic E-state index is 0.00978. The molecule has 0 aromatic carbocycles. The van der Waals surface area contributed by atoms with E-state index >= 15 is 0 Å². The van der Waals surface area contributed by atoms with Gasteiger partial charge in [0.15, 0.2) is 11.5 Å². The molecule has 1 heterocycles. The number of nitrogens with two attached hydrogens (primary N) is 1. The highest BCUT2D eigenvalue weighted by Gasteiger charge is 2.23. The van der Waals surface area contributed by atoms with E-state index in [0.29, 0.717) is 18.3 Å². The summed E-state index contributed by atoms with van der Waals surface area (Å²) in [6, 6.07) is 1.85. The van der Waals surface area contributed by atoms with Crippen LogP contribution in [0.4, 0.5) is 0 Å². The van der Waals surface area contributed by atoms with E-state index in [0.717, 1.165) is 12.8 Å². The van der Waals surface area contributed by atoms with Gasteiger partial charge in [-0.15, -0.1) is 0 Å². The average molecular weight is 267 g/mol. The number of carbonyl (C=O) groups excluding carboxylic acids is 2. The van der Waals surface area contributed by atoms with Crippen LogP contribution < -0.4 is 16.6 Å². The molecule has 2 rings (SSSR count). The molecule has 0 atom stereocenters. The number of nitrogens with zero attached hydrogens (tertiary/aromatic N) is 2. The molecule has 0 aliphatic heterocycles. The second-order valence-electron chi connectivity index (χ2n) is 4.67. The predicted octanol–water partition coefficient (Wildman–Crippen LogP) is -1.01. The van der Waals surface area contributed by atoms with Gasteiger partial charge in [-0.1, -0.05) is 5.16 Å². The highest BCUT2D eigenvalue weighted by atomic mass is 16.5. The number of nitrogen functional groups attached to an aromatic ring is 1. The Morgan fingerprint density at radius 3 is 2.95 bits per heavy atom. The van der Waals surface area contributed by atoms with E-state index in [1.807, 2.05) is 5.43 Å². The summed E-state index contributed by atoms with van der Waals surface area (Å²) in [5.41, 5.74) is 2.09. The van der Waals surface area contributed by atoms with Crippen LogP contribution in [0.25, 0.3) is 0 Å². The molecule has 1 aromatic heterocycles. The lowest BCUT2D eigenvalue weighted by molar-refractivity contribution is -0.122. The molecule has 0 bridgehead atoms. The molecule has 0 unspecified atom stereocenters. The lowest BCUT2D eigenvalue weighted by Crippen LogP contribution is -2.35. The molecule has 1 fully saturated rings. The van der Waals surface area contributed by atoms with Crippen LogP contribution in [0.1, 0.15) is 29.1 Å². The van der Waals surface area contributed by atoms with E-state index in [1.165, 1.54) is 6.07 Å². The highest BCUT2D eigenvalue weighted by Crippen LogP contribution is 2.18. The van der Waals surface area contributed by atoms with Crippen LogP contribution in [0.2, 0.25) is 0 Å². The van der Waals surface area contributed by atoms with Gasteiger partial charge in [0.1, 0.15) is 0 Å². The second-order valence-corrected chi connectivity index (χ2v) is 4.67. The molecule has 0 saturated heterocycles. The summed E-state index contributed by atoms with van der Waals surface area (Å²) in [5, 5.41) is 6.48. The lowest BCUT2D eigenvalue weighted by Gasteiger charge is -2.13. The molecule has 1 aliphatic rings. The Balaban J connectivity index is 1.80.